The number of benzene rings is 11. The van der Waals surface area contributed by atoms with Gasteiger partial charge >= 0.3 is 0 Å². The van der Waals surface area contributed by atoms with Crippen LogP contribution in [0.2, 0.25) is 0 Å². The Morgan fingerprint density at radius 1 is 0.478 bits per heavy atom. The zero-order valence-corrected chi connectivity index (χ0v) is 39.5. The Hall–Kier alpha value is -7.85. The number of hydrogen-bond donors (Lipinski definition) is 0. The van der Waals surface area contributed by atoms with Gasteiger partial charge in [-0.2, -0.15) is 0 Å². The largest absolute Gasteiger partial charge is 0.308 e. The van der Waals surface area contributed by atoms with Crippen LogP contribution in [0.4, 0.5) is 0 Å². The number of rotatable bonds is 5. The Morgan fingerprint density at radius 3 is 1.86 bits per heavy atom. The summed E-state index contributed by atoms with van der Waals surface area (Å²) in [6, 6.07) is 77.2. The van der Waals surface area contributed by atoms with E-state index in [1.807, 2.05) is 11.3 Å². The molecule has 328 valence electrons. The van der Waals surface area contributed by atoms with Crippen LogP contribution >= 0.6 is 11.3 Å². The average molecular weight is 901 g/mol. The lowest BCUT2D eigenvalue weighted by Gasteiger charge is -2.33. The van der Waals surface area contributed by atoms with Gasteiger partial charge in [0.2, 0.25) is 0 Å². The Bertz CT molecular complexity index is 4310. The third-order valence-electron chi connectivity index (χ3n) is 15.4. The van der Waals surface area contributed by atoms with Crippen LogP contribution in [0.5, 0.6) is 0 Å². The van der Waals surface area contributed by atoms with Crippen LogP contribution in [0.15, 0.2) is 217 Å². The van der Waals surface area contributed by atoms with E-state index in [2.05, 4.69) is 231 Å². The van der Waals surface area contributed by atoms with Crippen LogP contribution < -0.4 is 0 Å². The lowest BCUT2D eigenvalue weighted by Crippen LogP contribution is -2.23. The predicted molar refractivity (Wildman–Crippen MR) is 299 cm³/mol. The number of allylic oxidation sites excluding steroid dienone is 1. The van der Waals surface area contributed by atoms with Crippen LogP contribution in [0, 0.1) is 11.8 Å². The Morgan fingerprint density at radius 2 is 1.09 bits per heavy atom. The molecule has 3 atom stereocenters. The summed E-state index contributed by atoms with van der Waals surface area (Å²) in [5, 5.41) is 17.8. The Labute approximate surface area is 405 Å². The van der Waals surface area contributed by atoms with Gasteiger partial charge in [0.15, 0.2) is 0 Å². The van der Waals surface area contributed by atoms with E-state index in [1.165, 1.54) is 124 Å². The van der Waals surface area contributed by atoms with Crippen molar-refractivity contribution in [2.45, 2.75) is 32.7 Å². The monoisotopic (exact) mass is 900 g/mol. The summed E-state index contributed by atoms with van der Waals surface area (Å²) >= 11 is 1.90. The van der Waals surface area contributed by atoms with Crippen molar-refractivity contribution in [1.29, 1.82) is 0 Å². The molecular formula is C66H48N2S. The van der Waals surface area contributed by atoms with Crippen molar-refractivity contribution in [2.24, 2.45) is 16.8 Å². The van der Waals surface area contributed by atoms with E-state index >= 15 is 0 Å². The molecule has 1 aliphatic rings. The van der Waals surface area contributed by atoms with Crippen molar-refractivity contribution in [3.05, 3.63) is 229 Å². The maximum Gasteiger partial charge on any atom is 0.0827 e. The molecule has 0 spiro atoms. The molecule has 2 nitrogen and oxygen atoms in total. The highest BCUT2D eigenvalue weighted by molar-refractivity contribution is 7.26. The molecule has 14 rings (SSSR count). The Balaban J connectivity index is 1.10. The van der Waals surface area contributed by atoms with Gasteiger partial charge in [0, 0.05) is 54.1 Å². The first-order valence-corrected chi connectivity index (χ1v) is 25.4. The summed E-state index contributed by atoms with van der Waals surface area (Å²) in [6.07, 6.45) is 4.40. The number of fused-ring (bicyclic) bond motifs is 12. The van der Waals surface area contributed by atoms with Crippen LogP contribution in [-0.2, 0) is 0 Å². The highest BCUT2D eigenvalue weighted by Crippen LogP contribution is 2.49. The summed E-state index contributed by atoms with van der Waals surface area (Å²) in [5.41, 5.74) is 10.00. The molecule has 1 aliphatic heterocycles. The molecule has 3 heterocycles. The van der Waals surface area contributed by atoms with E-state index < -0.39 is 0 Å². The third-order valence-corrected chi connectivity index (χ3v) is 16.5. The molecule has 0 bridgehead atoms. The molecule has 11 aromatic carbocycles. The van der Waals surface area contributed by atoms with Crippen molar-refractivity contribution >= 4 is 118 Å². The lowest BCUT2D eigenvalue weighted by atomic mass is 9.76. The first kappa shape index (κ1) is 40.2. The van der Waals surface area contributed by atoms with Gasteiger partial charge in [0.05, 0.1) is 22.8 Å². The van der Waals surface area contributed by atoms with Gasteiger partial charge in [-0.15, -0.1) is 11.3 Å². The fourth-order valence-corrected chi connectivity index (χ4v) is 13.3. The second kappa shape index (κ2) is 15.9. The zero-order valence-electron chi connectivity index (χ0n) is 38.7. The second-order valence-corrected chi connectivity index (χ2v) is 20.3. The first-order valence-electron chi connectivity index (χ1n) is 24.6. The van der Waals surface area contributed by atoms with Crippen LogP contribution in [-0.4, -0.2) is 10.3 Å². The normalized spacial score (nSPS) is 17.6. The topological polar surface area (TPSA) is 17.3 Å². The minimum absolute atomic E-state index is 0.0952. The molecular weight excluding hydrogens is 853 g/mol. The SMILES string of the molecule is CCC1/C(c2cc3ccccc3c3ccccc23)=C/CC(C)C(c2ccc3sc4cc5ccccc5cc4c3c2-n2c3ccccc3c3cc4ccccc4cc32)=NC1c1cccc2ccccc12. The molecule has 0 N–H and O–H groups in total. The van der Waals surface area contributed by atoms with E-state index in [0.717, 1.165) is 18.6 Å². The number of aromatic nitrogens is 1. The second-order valence-electron chi connectivity index (χ2n) is 19.2. The van der Waals surface area contributed by atoms with Crippen molar-refractivity contribution in [3.63, 3.8) is 0 Å². The number of aliphatic imine (C=N–C) groups is 1. The molecule has 13 aromatic rings. The highest BCUT2D eigenvalue weighted by Gasteiger charge is 2.33. The molecule has 3 heteroatoms. The van der Waals surface area contributed by atoms with Gasteiger partial charge in [0.25, 0.3) is 0 Å². The number of thiophene rings is 1. The fourth-order valence-electron chi connectivity index (χ4n) is 12.2. The Kier molecular flexibility index (Phi) is 9.26. The van der Waals surface area contributed by atoms with E-state index in [0.29, 0.717) is 0 Å². The first-order chi connectivity index (χ1) is 34.1. The highest BCUT2D eigenvalue weighted by atomic mass is 32.1. The summed E-state index contributed by atoms with van der Waals surface area (Å²) in [7, 11) is 0. The van der Waals surface area contributed by atoms with Crippen molar-refractivity contribution < 1.29 is 0 Å². The van der Waals surface area contributed by atoms with E-state index in [-0.39, 0.29) is 17.9 Å². The average Bonchev–Trinajstić information content (AvgIpc) is 3.92. The van der Waals surface area contributed by atoms with E-state index in [9.17, 15) is 0 Å². The fraction of sp³-hybridized carbons (Fsp3) is 0.106. The van der Waals surface area contributed by atoms with Crippen molar-refractivity contribution in [1.82, 2.24) is 4.57 Å². The smallest absolute Gasteiger partial charge is 0.0827 e. The molecule has 0 radical (unpaired) electrons. The molecule has 2 aromatic heterocycles. The number of para-hydroxylation sites is 1. The maximum atomic E-state index is 6.35. The minimum Gasteiger partial charge on any atom is -0.308 e. The molecule has 69 heavy (non-hydrogen) atoms. The lowest BCUT2D eigenvalue weighted by molar-refractivity contribution is 0.517. The van der Waals surface area contributed by atoms with E-state index in [4.69, 9.17) is 4.99 Å². The summed E-state index contributed by atoms with van der Waals surface area (Å²) in [6.45, 7) is 4.80. The molecule has 0 saturated carbocycles. The summed E-state index contributed by atoms with van der Waals surface area (Å²) < 4.78 is 5.19. The van der Waals surface area contributed by atoms with Crippen LogP contribution in [0.3, 0.4) is 0 Å². The molecule has 0 amide bonds. The van der Waals surface area contributed by atoms with Crippen molar-refractivity contribution in [2.75, 3.05) is 0 Å². The van der Waals surface area contributed by atoms with Gasteiger partial charge < -0.3 is 4.57 Å². The number of nitrogens with zero attached hydrogens (tertiary/aromatic N) is 2. The van der Waals surface area contributed by atoms with Gasteiger partial charge in [0.1, 0.15) is 0 Å². The van der Waals surface area contributed by atoms with Crippen LogP contribution in [0.1, 0.15) is 49.4 Å². The molecule has 0 aliphatic carbocycles. The standard InChI is InChI=1S/C66H48N2S/c1-3-47-52(56-37-46-22-9-11-25-49(46)50-26-12-13-27-51(50)56)32-31-40(2)64(67-65(47)54-29-16-23-41-17-8-10-24-48(41)54)55-33-34-61-63(58-36-43-19-5-7-21-45(43)39-62(58)69-61)66(55)68-59-30-15-14-28-53(59)57-35-42-18-4-6-20-44(42)38-60(57)68/h4-30,32-40,47,65H,3,31H2,1-2H3/b52-32-,67-64?. The van der Waals surface area contributed by atoms with Gasteiger partial charge in [-0.3, -0.25) is 4.99 Å². The zero-order chi connectivity index (χ0) is 45.7. The molecule has 3 unspecified atom stereocenters. The maximum absolute atomic E-state index is 6.35. The summed E-state index contributed by atoms with van der Waals surface area (Å²) in [4.78, 5) is 6.35. The predicted octanol–water partition coefficient (Wildman–Crippen LogP) is 18.6. The van der Waals surface area contributed by atoms with Gasteiger partial charge in [-0.05, 0) is 132 Å². The van der Waals surface area contributed by atoms with E-state index in [1.54, 1.807) is 0 Å². The number of hydrogen-bond acceptors (Lipinski definition) is 2. The molecule has 0 saturated heterocycles. The summed E-state index contributed by atoms with van der Waals surface area (Å²) in [5.74, 6) is 0.195. The van der Waals surface area contributed by atoms with Crippen LogP contribution in [0.25, 0.3) is 107 Å². The van der Waals surface area contributed by atoms with Gasteiger partial charge in [-0.25, -0.2) is 0 Å². The third kappa shape index (κ3) is 6.27. The van der Waals surface area contributed by atoms with Crippen molar-refractivity contribution in [3.8, 4) is 5.69 Å². The van der Waals surface area contributed by atoms with Gasteiger partial charge in [-0.1, -0.05) is 178 Å². The minimum atomic E-state index is -0.163. The molecule has 0 fully saturated rings. The quantitative estimate of drug-likeness (QED) is 0.153.